The van der Waals surface area contributed by atoms with E-state index in [2.05, 4.69) is 4.98 Å². The Bertz CT molecular complexity index is 845. The summed E-state index contributed by atoms with van der Waals surface area (Å²) in [6, 6.07) is 21.4. The molecule has 0 aliphatic rings. The molecule has 4 nitrogen and oxygen atoms in total. The fraction of sp³-hybridized carbons (Fsp3) is 0.182. The zero-order valence-electron chi connectivity index (χ0n) is 14.7. The number of carbonyl (C=O) groups is 1. The molecule has 3 aromatic rings. The van der Waals surface area contributed by atoms with Crippen LogP contribution in [0.4, 0.5) is 0 Å². The summed E-state index contributed by atoms with van der Waals surface area (Å²) < 4.78 is 10.7. The average Bonchev–Trinajstić information content (AvgIpc) is 2.72. The number of methoxy groups -OCH3 is 1. The highest BCUT2D eigenvalue weighted by molar-refractivity contribution is 5.89. The lowest BCUT2D eigenvalue weighted by atomic mass is 10.1. The van der Waals surface area contributed by atoms with E-state index in [0.717, 1.165) is 35.4 Å². The normalized spacial score (nSPS) is 10.3. The Hall–Kier alpha value is -3.14. The van der Waals surface area contributed by atoms with E-state index in [9.17, 15) is 4.79 Å². The summed E-state index contributed by atoms with van der Waals surface area (Å²) in [6.07, 6.45) is 3.37. The molecule has 0 atom stereocenters. The lowest BCUT2D eigenvalue weighted by molar-refractivity contribution is 0.0600. The fourth-order valence-electron chi connectivity index (χ4n) is 2.67. The Morgan fingerprint density at radius 2 is 1.65 bits per heavy atom. The molecular formula is C22H21NO3. The van der Waals surface area contributed by atoms with Gasteiger partial charge in [0.05, 0.1) is 18.4 Å². The number of esters is 1. The summed E-state index contributed by atoms with van der Waals surface area (Å²) in [5, 5.41) is 0. The van der Waals surface area contributed by atoms with Gasteiger partial charge in [-0.2, -0.15) is 0 Å². The lowest BCUT2D eigenvalue weighted by Gasteiger charge is -2.11. The number of rotatable bonds is 7. The van der Waals surface area contributed by atoms with Gasteiger partial charge in [0.15, 0.2) is 0 Å². The Morgan fingerprint density at radius 1 is 0.885 bits per heavy atom. The monoisotopic (exact) mass is 347 g/mol. The van der Waals surface area contributed by atoms with Crippen molar-refractivity contribution < 1.29 is 14.3 Å². The van der Waals surface area contributed by atoms with Gasteiger partial charge in [-0.1, -0.05) is 42.5 Å². The van der Waals surface area contributed by atoms with E-state index in [0.29, 0.717) is 12.2 Å². The molecule has 0 bridgehead atoms. The minimum atomic E-state index is -0.321. The first-order valence-corrected chi connectivity index (χ1v) is 8.54. The summed E-state index contributed by atoms with van der Waals surface area (Å²) in [5.41, 5.74) is 3.75. The highest BCUT2D eigenvalue weighted by Crippen LogP contribution is 2.19. The first-order chi connectivity index (χ1) is 12.8. The van der Waals surface area contributed by atoms with Gasteiger partial charge in [-0.25, -0.2) is 4.79 Å². The number of hydrogen-bond donors (Lipinski definition) is 0. The standard InChI is InChI=1S/C22H21NO3/c1-25-22(24)19-12-9-17(10-13-19)11-14-20-21(8-5-15-23-20)26-16-18-6-3-2-4-7-18/h2-10,12-13,15H,11,14,16H2,1H3. The minimum Gasteiger partial charge on any atom is -0.487 e. The van der Waals surface area contributed by atoms with Crippen LogP contribution in [0.2, 0.25) is 0 Å². The van der Waals surface area contributed by atoms with Crippen molar-refractivity contribution in [3.8, 4) is 5.75 Å². The van der Waals surface area contributed by atoms with Crippen LogP contribution < -0.4 is 4.74 Å². The molecule has 0 saturated heterocycles. The van der Waals surface area contributed by atoms with Gasteiger partial charge in [0.1, 0.15) is 12.4 Å². The predicted octanol–water partition coefficient (Wildman–Crippen LogP) is 4.23. The van der Waals surface area contributed by atoms with Crippen molar-refractivity contribution in [3.63, 3.8) is 0 Å². The molecule has 0 radical (unpaired) electrons. The summed E-state index contributed by atoms with van der Waals surface area (Å²) in [4.78, 5) is 16.0. The SMILES string of the molecule is COC(=O)c1ccc(CCc2ncccc2OCc2ccccc2)cc1. The van der Waals surface area contributed by atoms with Crippen molar-refractivity contribution in [1.82, 2.24) is 4.98 Å². The van der Waals surface area contributed by atoms with Crippen LogP contribution in [0.15, 0.2) is 72.9 Å². The summed E-state index contributed by atoms with van der Waals surface area (Å²) in [7, 11) is 1.38. The third-order valence-electron chi connectivity index (χ3n) is 4.11. The van der Waals surface area contributed by atoms with Crippen LogP contribution in [0.1, 0.15) is 27.2 Å². The second-order valence-corrected chi connectivity index (χ2v) is 5.91. The number of benzene rings is 2. The number of nitrogens with zero attached hydrogens (tertiary/aromatic N) is 1. The topological polar surface area (TPSA) is 48.4 Å². The number of carbonyl (C=O) groups excluding carboxylic acids is 1. The van der Waals surface area contributed by atoms with Crippen LogP contribution >= 0.6 is 0 Å². The van der Waals surface area contributed by atoms with Gasteiger partial charge in [-0.3, -0.25) is 4.98 Å². The molecule has 0 unspecified atom stereocenters. The van der Waals surface area contributed by atoms with E-state index in [1.165, 1.54) is 7.11 Å². The van der Waals surface area contributed by atoms with Crippen LogP contribution in [0.3, 0.4) is 0 Å². The number of hydrogen-bond acceptors (Lipinski definition) is 4. The van der Waals surface area contributed by atoms with Crippen molar-refractivity contribution in [2.45, 2.75) is 19.4 Å². The largest absolute Gasteiger partial charge is 0.487 e. The molecule has 26 heavy (non-hydrogen) atoms. The maximum absolute atomic E-state index is 11.5. The van der Waals surface area contributed by atoms with E-state index in [-0.39, 0.29) is 5.97 Å². The third-order valence-corrected chi connectivity index (χ3v) is 4.11. The smallest absolute Gasteiger partial charge is 0.337 e. The predicted molar refractivity (Wildman–Crippen MR) is 100 cm³/mol. The Labute approximate surface area is 153 Å². The van der Waals surface area contributed by atoms with Gasteiger partial charge in [0, 0.05) is 6.20 Å². The number of ether oxygens (including phenoxy) is 2. The van der Waals surface area contributed by atoms with Crippen molar-refractivity contribution in [2.24, 2.45) is 0 Å². The molecular weight excluding hydrogens is 326 g/mol. The molecule has 4 heteroatoms. The molecule has 1 aromatic heterocycles. The molecule has 0 N–H and O–H groups in total. The van der Waals surface area contributed by atoms with Crippen molar-refractivity contribution >= 4 is 5.97 Å². The van der Waals surface area contributed by atoms with Crippen LogP contribution in [0.5, 0.6) is 5.75 Å². The van der Waals surface area contributed by atoms with Crippen molar-refractivity contribution in [2.75, 3.05) is 7.11 Å². The van der Waals surface area contributed by atoms with Gasteiger partial charge in [0.2, 0.25) is 0 Å². The highest BCUT2D eigenvalue weighted by Gasteiger charge is 2.07. The van der Waals surface area contributed by atoms with E-state index in [4.69, 9.17) is 9.47 Å². The first kappa shape index (κ1) is 17.7. The van der Waals surface area contributed by atoms with E-state index >= 15 is 0 Å². The molecule has 0 fully saturated rings. The fourth-order valence-corrected chi connectivity index (χ4v) is 2.67. The van der Waals surface area contributed by atoms with E-state index < -0.39 is 0 Å². The molecule has 0 aliphatic heterocycles. The summed E-state index contributed by atoms with van der Waals surface area (Å²) in [5.74, 6) is 0.486. The minimum absolute atomic E-state index is 0.321. The lowest BCUT2D eigenvalue weighted by Crippen LogP contribution is -2.03. The summed E-state index contributed by atoms with van der Waals surface area (Å²) >= 11 is 0. The molecule has 0 aliphatic carbocycles. The number of pyridine rings is 1. The molecule has 0 saturated carbocycles. The highest BCUT2D eigenvalue weighted by atomic mass is 16.5. The van der Waals surface area contributed by atoms with E-state index in [1.807, 2.05) is 54.6 Å². The zero-order valence-corrected chi connectivity index (χ0v) is 14.7. The second-order valence-electron chi connectivity index (χ2n) is 5.91. The maximum atomic E-state index is 11.5. The van der Waals surface area contributed by atoms with Gasteiger partial charge in [0.25, 0.3) is 0 Å². The molecule has 0 spiro atoms. The molecule has 0 amide bonds. The van der Waals surface area contributed by atoms with Gasteiger partial charge in [-0.15, -0.1) is 0 Å². The molecule has 1 heterocycles. The van der Waals surface area contributed by atoms with Crippen molar-refractivity contribution in [1.29, 1.82) is 0 Å². The van der Waals surface area contributed by atoms with Gasteiger partial charge >= 0.3 is 5.97 Å². The van der Waals surface area contributed by atoms with Crippen LogP contribution in [-0.4, -0.2) is 18.1 Å². The quantitative estimate of drug-likeness (QED) is 0.600. The molecule has 132 valence electrons. The van der Waals surface area contributed by atoms with Crippen molar-refractivity contribution in [3.05, 3.63) is 95.3 Å². The maximum Gasteiger partial charge on any atom is 0.337 e. The average molecular weight is 347 g/mol. The second kappa shape index (κ2) is 8.81. The van der Waals surface area contributed by atoms with Crippen LogP contribution in [-0.2, 0) is 24.2 Å². The third kappa shape index (κ3) is 4.70. The van der Waals surface area contributed by atoms with Gasteiger partial charge in [-0.05, 0) is 48.2 Å². The number of aromatic nitrogens is 1. The van der Waals surface area contributed by atoms with Crippen LogP contribution in [0.25, 0.3) is 0 Å². The molecule has 2 aromatic carbocycles. The Balaban J connectivity index is 1.62. The molecule has 3 rings (SSSR count). The summed E-state index contributed by atoms with van der Waals surface area (Å²) in [6.45, 7) is 0.521. The van der Waals surface area contributed by atoms with Gasteiger partial charge < -0.3 is 9.47 Å². The first-order valence-electron chi connectivity index (χ1n) is 8.54. The Kier molecular flexibility index (Phi) is 5.99. The Morgan fingerprint density at radius 3 is 2.38 bits per heavy atom. The van der Waals surface area contributed by atoms with Crippen LogP contribution in [0, 0.1) is 0 Å². The van der Waals surface area contributed by atoms with E-state index in [1.54, 1.807) is 18.3 Å². The zero-order chi connectivity index (χ0) is 18.2. The number of aryl methyl sites for hydroxylation is 2.